The minimum Gasteiger partial charge on any atom is -0.497 e. The highest BCUT2D eigenvalue weighted by Crippen LogP contribution is 2.37. The zero-order chi connectivity index (χ0) is 55.6. The summed E-state index contributed by atoms with van der Waals surface area (Å²) < 4.78 is 42.2. The van der Waals surface area contributed by atoms with Crippen LogP contribution >= 0.6 is 0 Å². The van der Waals surface area contributed by atoms with Crippen LogP contribution in [0.2, 0.25) is 0 Å². The number of hydrogen-bond donors (Lipinski definition) is 1. The van der Waals surface area contributed by atoms with Gasteiger partial charge in [-0.3, -0.25) is 19.2 Å². The van der Waals surface area contributed by atoms with E-state index >= 15 is 0 Å². The highest BCUT2D eigenvalue weighted by atomic mass is 16.7. The second kappa shape index (κ2) is 28.8. The van der Waals surface area contributed by atoms with E-state index in [2.05, 4.69) is 24.0 Å². The smallest absolute Gasteiger partial charge is 0.338 e. The molecule has 3 aliphatic rings. The molecule has 17 nitrogen and oxygen atoms in total. The van der Waals surface area contributed by atoms with Crippen LogP contribution in [-0.2, 0) is 52.6 Å². The molecule has 0 spiro atoms. The second-order valence-corrected chi connectivity index (χ2v) is 21.1. The van der Waals surface area contributed by atoms with Crippen molar-refractivity contribution in [3.63, 3.8) is 0 Å². The molecular weight excluding hydrogens is 975 g/mol. The molecule has 5 rings (SSSR count). The van der Waals surface area contributed by atoms with E-state index < -0.39 is 64.8 Å². The van der Waals surface area contributed by atoms with E-state index in [0.29, 0.717) is 65.9 Å². The van der Waals surface area contributed by atoms with Gasteiger partial charge in [-0.25, -0.2) is 9.59 Å². The van der Waals surface area contributed by atoms with Gasteiger partial charge in [0.15, 0.2) is 6.61 Å². The zero-order valence-electron chi connectivity index (χ0n) is 46.6. The Balaban J connectivity index is 1.28. The van der Waals surface area contributed by atoms with Crippen LogP contribution in [0.1, 0.15) is 160 Å². The van der Waals surface area contributed by atoms with Gasteiger partial charge >= 0.3 is 11.9 Å². The molecule has 2 fully saturated rings. The number of hydroxylamine groups is 2. The maximum atomic E-state index is 14.5. The van der Waals surface area contributed by atoms with Gasteiger partial charge in [0.2, 0.25) is 5.91 Å². The summed E-state index contributed by atoms with van der Waals surface area (Å²) in [5, 5.41) is 3.54. The van der Waals surface area contributed by atoms with E-state index in [1.165, 1.54) is 0 Å². The normalized spacial score (nSPS) is 19.1. The lowest BCUT2D eigenvalue weighted by molar-refractivity contribution is -0.205. The van der Waals surface area contributed by atoms with Crippen molar-refractivity contribution in [3.05, 3.63) is 89.2 Å². The van der Waals surface area contributed by atoms with E-state index in [4.69, 9.17) is 38.0 Å². The molecule has 5 atom stereocenters. The molecule has 2 aromatic rings. The monoisotopic (exact) mass is 1060 g/mol. The number of nitrogens with zero attached hydrogens (tertiary/aromatic N) is 2. The molecule has 17 heteroatoms. The molecule has 0 bridgehead atoms. The van der Waals surface area contributed by atoms with Gasteiger partial charge in [-0.15, -0.1) is 5.06 Å². The Morgan fingerprint density at radius 1 is 0.895 bits per heavy atom. The van der Waals surface area contributed by atoms with E-state index in [1.54, 1.807) is 58.3 Å². The van der Waals surface area contributed by atoms with Crippen molar-refractivity contribution in [1.29, 1.82) is 0 Å². The lowest BCUT2D eigenvalue weighted by Gasteiger charge is -2.38. The number of esters is 1. The number of carbonyl (C=O) groups excluding carboxylic acids is 6. The lowest BCUT2D eigenvalue weighted by atomic mass is 9.90. The summed E-state index contributed by atoms with van der Waals surface area (Å²) in [5.74, 6) is -1.33. The van der Waals surface area contributed by atoms with Crippen molar-refractivity contribution in [2.24, 2.45) is 5.41 Å². The van der Waals surface area contributed by atoms with Crippen LogP contribution < -0.4 is 19.5 Å². The fourth-order valence-corrected chi connectivity index (χ4v) is 9.57. The summed E-state index contributed by atoms with van der Waals surface area (Å²) in [6.07, 6.45) is 12.7. The molecule has 4 amide bonds. The van der Waals surface area contributed by atoms with Crippen LogP contribution in [0.15, 0.2) is 72.5 Å². The minimum absolute atomic E-state index is 0.000438. The number of carbonyl (C=O) groups is 6. The number of rotatable bonds is 27. The van der Waals surface area contributed by atoms with Crippen molar-refractivity contribution in [2.45, 2.75) is 174 Å². The molecule has 2 unspecified atom stereocenters. The number of benzene rings is 2. The quantitative estimate of drug-likeness (QED) is 0.0292. The average Bonchev–Trinajstić information content (AvgIpc) is 3.71. The summed E-state index contributed by atoms with van der Waals surface area (Å²) in [6.45, 7) is 17.1. The van der Waals surface area contributed by atoms with Crippen molar-refractivity contribution in [2.75, 3.05) is 47.6 Å². The highest BCUT2D eigenvalue weighted by molar-refractivity contribution is 6.01. The number of imide groups is 1. The van der Waals surface area contributed by atoms with Crippen molar-refractivity contribution >= 4 is 35.6 Å². The Morgan fingerprint density at radius 3 is 2.26 bits per heavy atom. The molecule has 2 heterocycles. The molecule has 2 aliphatic heterocycles. The van der Waals surface area contributed by atoms with Gasteiger partial charge in [0.05, 0.1) is 44.4 Å². The number of nitrogens with one attached hydrogen (secondary N) is 1. The third-order valence-corrected chi connectivity index (χ3v) is 14.5. The van der Waals surface area contributed by atoms with Crippen molar-refractivity contribution in [3.8, 4) is 17.2 Å². The lowest BCUT2D eigenvalue weighted by Crippen LogP contribution is -2.50. The van der Waals surface area contributed by atoms with Gasteiger partial charge in [-0.05, 0) is 160 Å². The molecule has 1 aliphatic carbocycles. The second-order valence-electron chi connectivity index (χ2n) is 21.1. The molecular formula is C59H83N3O14. The Kier molecular flexibility index (Phi) is 23.0. The van der Waals surface area contributed by atoms with E-state index in [1.807, 2.05) is 58.9 Å². The molecule has 76 heavy (non-hydrogen) atoms. The van der Waals surface area contributed by atoms with Crippen LogP contribution in [0, 0.1) is 12.3 Å². The Labute approximate surface area is 449 Å². The maximum Gasteiger partial charge on any atom is 0.338 e. The topological polar surface area (TPSA) is 195 Å². The van der Waals surface area contributed by atoms with Crippen LogP contribution in [0.5, 0.6) is 17.2 Å². The predicted octanol–water partition coefficient (Wildman–Crippen LogP) is 9.65. The molecule has 418 valence electrons. The van der Waals surface area contributed by atoms with Crippen LogP contribution in [-0.4, -0.2) is 117 Å². The van der Waals surface area contributed by atoms with E-state index in [9.17, 15) is 28.8 Å². The number of ether oxygens (including phenoxy) is 7. The molecule has 0 saturated carbocycles. The number of hydrogen-bond acceptors (Lipinski definition) is 14. The first-order valence-electron chi connectivity index (χ1n) is 26.9. The zero-order valence-corrected chi connectivity index (χ0v) is 46.6. The SMILES string of the molecule is C=C(/C=C(\C)CC[C@@H](OC(=O)[C@@H]1CCCCN1C(=O)[C@@H](CC)c1cc(OC)c(C)c(OC)c1)c1cccc(OCC(=O)NCC(OC2CC/C=C/CCC2)C(C)(C)OCCC(C)(C)C(=O)ON2C(=O)CCC2=O)c1)OC. The number of amides is 4. The summed E-state index contributed by atoms with van der Waals surface area (Å²) in [4.78, 5) is 86.8. The Hall–Kier alpha value is -6.20. The van der Waals surface area contributed by atoms with Gasteiger partial charge < -0.3 is 48.2 Å². The Bertz CT molecular complexity index is 2370. The fourth-order valence-electron chi connectivity index (χ4n) is 9.57. The van der Waals surface area contributed by atoms with Gasteiger partial charge in [0.1, 0.15) is 41.3 Å². The number of likely N-dealkylation sites (tertiary alicyclic amines) is 1. The van der Waals surface area contributed by atoms with Crippen molar-refractivity contribution < 1.29 is 66.8 Å². The van der Waals surface area contributed by atoms with Gasteiger partial charge in [-0.2, -0.15) is 0 Å². The van der Waals surface area contributed by atoms with E-state index in [0.717, 1.165) is 61.6 Å². The first-order valence-corrected chi connectivity index (χ1v) is 26.9. The third kappa shape index (κ3) is 17.2. The Morgan fingerprint density at radius 2 is 1.59 bits per heavy atom. The number of methoxy groups -OCH3 is 3. The van der Waals surface area contributed by atoms with Crippen LogP contribution in [0.3, 0.4) is 0 Å². The number of allylic oxidation sites excluding steroid dienone is 4. The van der Waals surface area contributed by atoms with Gasteiger partial charge in [0.25, 0.3) is 17.7 Å². The van der Waals surface area contributed by atoms with Crippen LogP contribution in [0.4, 0.5) is 0 Å². The summed E-state index contributed by atoms with van der Waals surface area (Å²) in [5.41, 5.74) is 1.15. The minimum atomic E-state index is -1.09. The summed E-state index contributed by atoms with van der Waals surface area (Å²) in [6, 6.07) is 10.1. The number of piperidine rings is 1. The predicted molar refractivity (Wildman–Crippen MR) is 286 cm³/mol. The van der Waals surface area contributed by atoms with Gasteiger partial charge in [0, 0.05) is 38.1 Å². The molecule has 0 aromatic heterocycles. The molecule has 0 radical (unpaired) electrons. The first kappa shape index (κ1) is 60.7. The van der Waals surface area contributed by atoms with Crippen molar-refractivity contribution in [1.82, 2.24) is 15.3 Å². The summed E-state index contributed by atoms with van der Waals surface area (Å²) >= 11 is 0. The first-order chi connectivity index (χ1) is 36.2. The fraction of sp³-hybridized carbons (Fsp3) is 0.593. The summed E-state index contributed by atoms with van der Waals surface area (Å²) in [7, 11) is 4.72. The maximum absolute atomic E-state index is 14.5. The highest BCUT2D eigenvalue weighted by Gasteiger charge is 2.41. The molecule has 2 aromatic carbocycles. The molecule has 1 N–H and O–H groups in total. The van der Waals surface area contributed by atoms with Gasteiger partial charge in [-0.1, -0.05) is 43.4 Å². The third-order valence-electron chi connectivity index (χ3n) is 14.5. The average molecular weight is 1060 g/mol. The van der Waals surface area contributed by atoms with Crippen LogP contribution in [0.25, 0.3) is 0 Å². The standard InChI is InChI=1S/C59H83N3O14/c1-12-46(43-35-49(70-10)41(4)50(36-43)71-11)55(66)61-31-19-18-25-47(61)56(67)75-48(27-26-39(2)33-40(3)69-9)42-21-20-24-45(34-42)72-38-52(63)60-37-51(74-44-22-16-14-13-15-17-23-44)59(7,8)73-32-30-58(5,6)57(68)76-62-53(64)28-29-54(62)65/h13-14,20-21,24,33-36,44,46-48,51H,3,12,15-19,22-23,25-32,37-38H2,1-2,4-11H3,(H,60,63)/b14-13+,39-33+/t44?,46-,47-,48+,51?/m0/s1. The molecule has 2 saturated heterocycles. The van der Waals surface area contributed by atoms with E-state index in [-0.39, 0.29) is 51.0 Å². The largest absolute Gasteiger partial charge is 0.497 e.